The van der Waals surface area contributed by atoms with Gasteiger partial charge in [0.05, 0.1) is 50.7 Å². The summed E-state index contributed by atoms with van der Waals surface area (Å²) in [6.45, 7) is 15.5. The largest absolute Gasteiger partial charge is 0.494 e. The summed E-state index contributed by atoms with van der Waals surface area (Å²) in [5, 5.41) is 31.2. The monoisotopic (exact) mass is 1190 g/mol. The Kier molecular flexibility index (Phi) is 24.6. The lowest BCUT2D eigenvalue weighted by atomic mass is 9.69. The van der Waals surface area contributed by atoms with Crippen molar-refractivity contribution in [2.75, 3.05) is 78.2 Å². The smallest absolute Gasteiger partial charge is 0.251 e. The van der Waals surface area contributed by atoms with Crippen LogP contribution < -0.4 is 26.0 Å². The van der Waals surface area contributed by atoms with Gasteiger partial charge in [-0.25, -0.2) is 4.98 Å². The highest BCUT2D eigenvalue weighted by atomic mass is 16.5. The molecule has 3 unspecified atom stereocenters. The molecule has 0 spiro atoms. The number of rotatable bonds is 33. The maximum absolute atomic E-state index is 14.0. The van der Waals surface area contributed by atoms with Crippen molar-refractivity contribution < 1.29 is 43.2 Å². The van der Waals surface area contributed by atoms with Crippen molar-refractivity contribution in [2.45, 2.75) is 142 Å². The molecular weight excluding hydrogens is 1100 g/mol. The number of hydrogen-bond donors (Lipinski definition) is 6. The number of allylic oxidation sites excluding steroid dienone is 1. The first-order valence-corrected chi connectivity index (χ1v) is 31.0. The predicted molar refractivity (Wildman–Crippen MR) is 338 cm³/mol. The molecule has 20 nitrogen and oxygen atoms in total. The molecule has 2 aromatic heterocycles. The zero-order chi connectivity index (χ0) is 61.6. The van der Waals surface area contributed by atoms with Crippen LogP contribution in [0.15, 0.2) is 108 Å². The fraction of sp³-hybridized carbons (Fsp3) is 0.515. The fourth-order valence-corrected chi connectivity index (χ4v) is 11.0. The summed E-state index contributed by atoms with van der Waals surface area (Å²) >= 11 is 0. The van der Waals surface area contributed by atoms with E-state index in [9.17, 15) is 24.3 Å². The minimum atomic E-state index is -0.871. The number of piperidine rings is 1. The Morgan fingerprint density at radius 3 is 2.14 bits per heavy atom. The van der Waals surface area contributed by atoms with Crippen molar-refractivity contribution >= 4 is 48.2 Å². The Morgan fingerprint density at radius 1 is 0.805 bits per heavy atom. The Bertz CT molecular complexity index is 3050. The Balaban J connectivity index is 0.616. The van der Waals surface area contributed by atoms with Crippen LogP contribution in [0.5, 0.6) is 5.75 Å². The number of aliphatic hydroxyl groups excluding tert-OH is 1. The number of amides is 4. The number of pyridine rings is 1. The quantitative estimate of drug-likeness (QED) is 0.0171. The van der Waals surface area contributed by atoms with Gasteiger partial charge in [-0.2, -0.15) is 5.10 Å². The number of hydrogen-bond acceptors (Lipinski definition) is 15. The minimum Gasteiger partial charge on any atom is -0.494 e. The van der Waals surface area contributed by atoms with Gasteiger partial charge in [-0.15, -0.1) is 0 Å². The lowest BCUT2D eigenvalue weighted by molar-refractivity contribution is -0.144. The summed E-state index contributed by atoms with van der Waals surface area (Å²) in [7, 11) is 4.09. The van der Waals surface area contributed by atoms with Gasteiger partial charge in [0.1, 0.15) is 17.8 Å². The molecule has 1 radical (unpaired) electrons. The van der Waals surface area contributed by atoms with Gasteiger partial charge in [0.2, 0.25) is 25.0 Å². The summed E-state index contributed by atoms with van der Waals surface area (Å²) in [4.78, 5) is 71.3. The van der Waals surface area contributed by atoms with Gasteiger partial charge in [-0.3, -0.25) is 34.3 Å². The Labute approximate surface area is 513 Å². The number of likely N-dealkylation sites (tertiary alicyclic amines) is 2. The van der Waals surface area contributed by atoms with Crippen molar-refractivity contribution in [2.24, 2.45) is 10.4 Å². The lowest BCUT2D eigenvalue weighted by Crippen LogP contribution is -2.57. The van der Waals surface area contributed by atoms with Crippen LogP contribution in [0.25, 0.3) is 16.9 Å². The zero-order valence-electron chi connectivity index (χ0n) is 51.7. The van der Waals surface area contributed by atoms with E-state index in [0.717, 1.165) is 115 Å². The highest BCUT2D eigenvalue weighted by Gasteiger charge is 2.45. The van der Waals surface area contributed by atoms with E-state index >= 15 is 0 Å². The van der Waals surface area contributed by atoms with Crippen molar-refractivity contribution in [3.63, 3.8) is 0 Å². The number of aromatic nitrogens is 4. The number of β-amino-alcohol motifs (C(OH)–C–C–N with tert-alkyl or cyclic N) is 1. The van der Waals surface area contributed by atoms with Crippen LogP contribution >= 0.6 is 0 Å². The zero-order valence-corrected chi connectivity index (χ0v) is 51.7. The summed E-state index contributed by atoms with van der Waals surface area (Å²) < 4.78 is 23.2. The van der Waals surface area contributed by atoms with Crippen molar-refractivity contribution in [1.82, 2.24) is 45.9 Å². The molecule has 3 aliphatic rings. The van der Waals surface area contributed by atoms with Gasteiger partial charge in [-0.1, -0.05) is 81.5 Å². The lowest BCUT2D eigenvalue weighted by Gasteiger charge is -2.40. The second-order valence-electron chi connectivity index (χ2n) is 24.1. The number of nitrogens with one attached hydrogen (secondary N) is 5. The van der Waals surface area contributed by atoms with E-state index in [1.807, 2.05) is 127 Å². The van der Waals surface area contributed by atoms with Gasteiger partial charge in [0, 0.05) is 87.1 Å². The van der Waals surface area contributed by atoms with Crippen LogP contribution in [0.1, 0.15) is 144 Å². The first-order chi connectivity index (χ1) is 42.0. The summed E-state index contributed by atoms with van der Waals surface area (Å²) in [5.41, 5.74) is 6.13. The Hall–Kier alpha value is -7.30. The van der Waals surface area contributed by atoms with E-state index in [0.29, 0.717) is 64.1 Å². The maximum Gasteiger partial charge on any atom is 0.251 e. The molecular formula is C66H89BN11O9. The molecule has 21 heteroatoms. The predicted octanol–water partition coefficient (Wildman–Crippen LogP) is 8.18. The molecule has 6 N–H and O–H groups in total. The average molecular weight is 1190 g/mol. The second kappa shape index (κ2) is 32.6. The number of nitrogens with zero attached hydrogens (tertiary/aromatic N) is 6. The number of H-pyrrole nitrogens is 1. The molecule has 0 saturated carbocycles. The van der Waals surface area contributed by atoms with E-state index in [4.69, 9.17) is 23.9 Å². The number of carbonyl (C=O) groups excluding carboxylic acids is 4. The van der Waals surface area contributed by atoms with Gasteiger partial charge in [0.15, 0.2) is 11.6 Å². The second-order valence-corrected chi connectivity index (χ2v) is 24.1. The summed E-state index contributed by atoms with van der Waals surface area (Å²) in [6.07, 6.45) is 12.6. The SMILES string of the molecule is CC1=C(c2ccc(CNC(=O)C3CC(O)CN3C(=O)C(NC(=O)CCCCCOCCOCCOCCCCCCOc3ccc([C@@H](C)NC(=O)c4cccc(NC5(c6nc(-c7ccncc7)n[nH]6)CCN(C)CC5)c4)cc3)C(C)(C)C)cc2)[B]C=N1. The standard InChI is InChI=1S/C66H89BN11O9/c1-46(71-61(81)52-15-14-16-53(41-52)74-66(28-32-77(6)33-29-66)64-73-60(75-76-64)51-26-30-68-31-27-51)49-22-24-55(25-23-49)87-36-13-8-7-11-34-84-37-39-86-40-38-85-35-12-9-10-17-57(80)72-59(65(3,4)5)63(83)78-44-54(79)42-56(78)62(82)69-43-48-18-20-50(21-19-48)58-47(2)70-45-67-58/h14-16,18-27,30-31,41,45-46,54,56,59,74,79H,7-13,17,28-29,32-40,42-44H2,1-6H3,(H,69,82)(H,71,81)(H,72,80)(H,73,75,76)/t46-,54?,56?,59?/m1/s1. The van der Waals surface area contributed by atoms with Crippen LogP contribution in [-0.4, -0.2) is 163 Å². The molecule has 3 aromatic carbocycles. The first kappa shape index (κ1) is 65.7. The van der Waals surface area contributed by atoms with Crippen LogP contribution in [0.4, 0.5) is 5.69 Å². The van der Waals surface area contributed by atoms with Gasteiger partial charge in [0.25, 0.3) is 5.91 Å². The van der Waals surface area contributed by atoms with Crippen molar-refractivity contribution in [3.05, 3.63) is 131 Å². The van der Waals surface area contributed by atoms with Gasteiger partial charge in [-0.05, 0) is 137 Å². The molecule has 87 heavy (non-hydrogen) atoms. The molecule has 0 bridgehead atoms. The number of carbonyl (C=O) groups is 4. The van der Waals surface area contributed by atoms with E-state index in [1.54, 1.807) is 18.5 Å². The summed E-state index contributed by atoms with van der Waals surface area (Å²) in [6, 6.07) is 25.3. The molecule has 4 amide bonds. The normalized spacial score (nSPS) is 17.4. The number of unbranched alkanes of at least 4 members (excludes halogenated alkanes) is 5. The third kappa shape index (κ3) is 19.6. The topological polar surface area (TPSA) is 247 Å². The van der Waals surface area contributed by atoms with Crippen molar-refractivity contribution in [3.8, 4) is 17.1 Å². The number of benzene rings is 3. The fourth-order valence-electron chi connectivity index (χ4n) is 11.0. The summed E-state index contributed by atoms with van der Waals surface area (Å²) in [5.74, 6) is 1.08. The van der Waals surface area contributed by atoms with Gasteiger partial charge >= 0.3 is 0 Å². The van der Waals surface area contributed by atoms with E-state index in [1.165, 1.54) is 4.90 Å². The molecule has 5 aromatic rings. The molecule has 4 atom stereocenters. The molecule has 3 aliphatic heterocycles. The van der Waals surface area contributed by atoms with Crippen LogP contribution in [0.3, 0.4) is 0 Å². The number of aliphatic hydroxyl groups is 1. The molecule has 0 aliphatic carbocycles. The first-order valence-electron chi connectivity index (χ1n) is 31.0. The van der Waals surface area contributed by atoms with E-state index < -0.39 is 29.1 Å². The minimum absolute atomic E-state index is 0.0208. The van der Waals surface area contributed by atoms with Gasteiger partial charge < -0.3 is 55.1 Å². The maximum atomic E-state index is 14.0. The van der Waals surface area contributed by atoms with Crippen LogP contribution in [0, 0.1) is 5.41 Å². The van der Waals surface area contributed by atoms with E-state index in [-0.39, 0.29) is 55.6 Å². The average Bonchev–Trinajstić information content (AvgIpc) is 2.17. The third-order valence-electron chi connectivity index (χ3n) is 16.3. The van der Waals surface area contributed by atoms with E-state index in [2.05, 4.69) is 53.4 Å². The van der Waals surface area contributed by atoms with Crippen molar-refractivity contribution in [1.29, 1.82) is 0 Å². The molecule has 2 saturated heterocycles. The number of aromatic amines is 1. The molecule has 2 fully saturated rings. The number of aliphatic imine (C=N–C) groups is 1. The highest BCUT2D eigenvalue weighted by Crippen LogP contribution is 2.36. The molecule has 465 valence electrons. The van der Waals surface area contributed by atoms with Crippen LogP contribution in [-0.2, 0) is 40.7 Å². The number of ether oxygens (including phenoxy) is 4. The third-order valence-corrected chi connectivity index (χ3v) is 16.3. The van der Waals surface area contributed by atoms with Crippen LogP contribution in [0.2, 0.25) is 0 Å². The number of anilines is 1. The molecule has 8 rings (SSSR count). The Morgan fingerprint density at radius 2 is 1.47 bits per heavy atom. The highest BCUT2D eigenvalue weighted by molar-refractivity contribution is 6.85. The molecule has 5 heterocycles.